The minimum Gasteiger partial charge on any atom is -0.478 e. The van der Waals surface area contributed by atoms with E-state index in [-0.39, 0.29) is 11.4 Å². The summed E-state index contributed by atoms with van der Waals surface area (Å²) in [5, 5.41) is 19.6. The van der Waals surface area contributed by atoms with Gasteiger partial charge in [0, 0.05) is 7.05 Å². The molecule has 13 heavy (non-hydrogen) atoms. The van der Waals surface area contributed by atoms with E-state index in [4.69, 9.17) is 5.11 Å². The molecule has 0 radical (unpaired) electrons. The standard InChI is InChI=1S/C7H9N3O2S/c1-8-6-4(7(11)12)3-5(13-2)9-10-6/h3H,1-2H3,(H,8,10)(H,11,12). The van der Waals surface area contributed by atoms with Crippen molar-refractivity contribution in [1.82, 2.24) is 10.2 Å². The third-order valence-electron chi connectivity index (χ3n) is 1.45. The van der Waals surface area contributed by atoms with E-state index in [1.165, 1.54) is 17.8 Å². The van der Waals surface area contributed by atoms with Crippen LogP contribution in [0.4, 0.5) is 5.82 Å². The Morgan fingerprint density at radius 1 is 1.62 bits per heavy atom. The van der Waals surface area contributed by atoms with E-state index in [1.54, 1.807) is 7.05 Å². The molecule has 0 aromatic carbocycles. The van der Waals surface area contributed by atoms with Crippen molar-refractivity contribution in [3.8, 4) is 0 Å². The minimum atomic E-state index is -1.01. The lowest BCUT2D eigenvalue weighted by molar-refractivity contribution is 0.0697. The van der Waals surface area contributed by atoms with E-state index in [9.17, 15) is 4.79 Å². The minimum absolute atomic E-state index is 0.141. The number of nitrogens with one attached hydrogen (secondary N) is 1. The van der Waals surface area contributed by atoms with Gasteiger partial charge < -0.3 is 10.4 Å². The molecule has 0 aliphatic rings. The summed E-state index contributed by atoms with van der Waals surface area (Å²) in [6.07, 6.45) is 1.81. The van der Waals surface area contributed by atoms with Crippen LogP contribution in [-0.2, 0) is 0 Å². The van der Waals surface area contributed by atoms with Crippen LogP contribution in [0.2, 0.25) is 0 Å². The number of anilines is 1. The van der Waals surface area contributed by atoms with Crippen LogP contribution < -0.4 is 5.32 Å². The molecule has 5 nitrogen and oxygen atoms in total. The first-order valence-electron chi connectivity index (χ1n) is 3.51. The molecule has 0 saturated carbocycles. The fraction of sp³-hybridized carbons (Fsp3) is 0.286. The number of aromatic carboxylic acids is 1. The van der Waals surface area contributed by atoms with Gasteiger partial charge in [-0.15, -0.1) is 22.0 Å². The topological polar surface area (TPSA) is 75.1 Å². The number of aromatic nitrogens is 2. The van der Waals surface area contributed by atoms with Gasteiger partial charge in [0.15, 0.2) is 5.82 Å². The summed E-state index contributed by atoms with van der Waals surface area (Å²) in [4.78, 5) is 10.7. The predicted molar refractivity (Wildman–Crippen MR) is 50.3 cm³/mol. The number of thioether (sulfide) groups is 1. The molecule has 0 spiro atoms. The van der Waals surface area contributed by atoms with Gasteiger partial charge in [0.25, 0.3) is 0 Å². The number of nitrogens with zero attached hydrogens (tertiary/aromatic N) is 2. The highest BCUT2D eigenvalue weighted by molar-refractivity contribution is 7.98. The Morgan fingerprint density at radius 2 is 2.31 bits per heavy atom. The highest BCUT2D eigenvalue weighted by atomic mass is 32.2. The Balaban J connectivity index is 3.18. The molecule has 2 N–H and O–H groups in total. The zero-order valence-electron chi connectivity index (χ0n) is 7.24. The van der Waals surface area contributed by atoms with Gasteiger partial charge in [0.2, 0.25) is 0 Å². The molecule has 0 unspecified atom stereocenters. The van der Waals surface area contributed by atoms with Crippen LogP contribution in [0.1, 0.15) is 10.4 Å². The predicted octanol–water partition coefficient (Wildman–Crippen LogP) is 0.938. The average molecular weight is 199 g/mol. The quantitative estimate of drug-likeness (QED) is 0.705. The summed E-state index contributed by atoms with van der Waals surface area (Å²) < 4.78 is 0. The maximum atomic E-state index is 10.7. The first-order chi connectivity index (χ1) is 6.19. The van der Waals surface area contributed by atoms with Gasteiger partial charge in [0.05, 0.1) is 0 Å². The fourth-order valence-electron chi connectivity index (χ4n) is 0.821. The highest BCUT2D eigenvalue weighted by Crippen LogP contribution is 2.17. The Bertz CT molecular complexity index is 330. The lowest BCUT2D eigenvalue weighted by Crippen LogP contribution is -2.06. The van der Waals surface area contributed by atoms with Gasteiger partial charge in [-0.25, -0.2) is 4.79 Å². The van der Waals surface area contributed by atoms with Gasteiger partial charge in [-0.2, -0.15) is 0 Å². The van der Waals surface area contributed by atoms with Crippen LogP contribution in [0.25, 0.3) is 0 Å². The van der Waals surface area contributed by atoms with Crippen molar-refractivity contribution in [3.63, 3.8) is 0 Å². The molecular formula is C7H9N3O2S. The fourth-order valence-corrected chi connectivity index (χ4v) is 1.18. The molecule has 0 saturated heterocycles. The molecular weight excluding hydrogens is 190 g/mol. The molecule has 1 rings (SSSR count). The average Bonchev–Trinajstić information content (AvgIpc) is 2.16. The van der Waals surface area contributed by atoms with E-state index in [2.05, 4.69) is 15.5 Å². The van der Waals surface area contributed by atoms with Crippen molar-refractivity contribution in [1.29, 1.82) is 0 Å². The first kappa shape index (κ1) is 9.79. The maximum Gasteiger partial charge on any atom is 0.339 e. The summed E-state index contributed by atoms with van der Waals surface area (Å²) in [5.74, 6) is -0.722. The number of carbonyl (C=O) groups is 1. The molecule has 0 aliphatic carbocycles. The molecule has 1 heterocycles. The normalized spacial score (nSPS) is 9.69. The summed E-state index contributed by atoms with van der Waals surface area (Å²) in [6.45, 7) is 0. The number of carboxylic acids is 1. The van der Waals surface area contributed by atoms with E-state index in [0.29, 0.717) is 5.03 Å². The molecule has 0 aliphatic heterocycles. The second-order valence-electron chi connectivity index (χ2n) is 2.20. The van der Waals surface area contributed by atoms with Crippen LogP contribution >= 0.6 is 11.8 Å². The molecule has 0 fully saturated rings. The van der Waals surface area contributed by atoms with Gasteiger partial charge >= 0.3 is 5.97 Å². The third kappa shape index (κ3) is 2.09. The van der Waals surface area contributed by atoms with Crippen molar-refractivity contribution in [2.75, 3.05) is 18.6 Å². The summed E-state index contributed by atoms with van der Waals surface area (Å²) in [5.41, 5.74) is 0.141. The molecule has 6 heteroatoms. The zero-order chi connectivity index (χ0) is 9.84. The highest BCUT2D eigenvalue weighted by Gasteiger charge is 2.11. The smallest absolute Gasteiger partial charge is 0.339 e. The number of hydrogen-bond donors (Lipinski definition) is 2. The maximum absolute atomic E-state index is 10.7. The molecule has 0 atom stereocenters. The largest absolute Gasteiger partial charge is 0.478 e. The molecule has 0 bridgehead atoms. The van der Waals surface area contributed by atoms with Crippen LogP contribution in [0.15, 0.2) is 11.1 Å². The lowest BCUT2D eigenvalue weighted by atomic mass is 10.3. The summed E-state index contributed by atoms with van der Waals surface area (Å²) in [6, 6.07) is 1.49. The van der Waals surface area contributed by atoms with Crippen molar-refractivity contribution >= 4 is 23.5 Å². The Morgan fingerprint density at radius 3 is 2.77 bits per heavy atom. The second-order valence-corrected chi connectivity index (χ2v) is 3.03. The van der Waals surface area contributed by atoms with Crippen LogP contribution in [0.5, 0.6) is 0 Å². The van der Waals surface area contributed by atoms with Crippen LogP contribution in [0, 0.1) is 0 Å². The van der Waals surface area contributed by atoms with Crippen molar-refractivity contribution < 1.29 is 9.90 Å². The Labute approximate surface area is 79.6 Å². The van der Waals surface area contributed by atoms with E-state index in [1.807, 2.05) is 6.26 Å². The zero-order valence-corrected chi connectivity index (χ0v) is 8.05. The molecule has 1 aromatic heterocycles. The van der Waals surface area contributed by atoms with Gasteiger partial charge in [-0.05, 0) is 12.3 Å². The van der Waals surface area contributed by atoms with Gasteiger partial charge in [-0.1, -0.05) is 0 Å². The Hall–Kier alpha value is -1.30. The SMILES string of the molecule is CNc1nnc(SC)cc1C(=O)O. The van der Waals surface area contributed by atoms with Gasteiger partial charge in [-0.3, -0.25) is 0 Å². The van der Waals surface area contributed by atoms with Crippen molar-refractivity contribution in [2.24, 2.45) is 0 Å². The van der Waals surface area contributed by atoms with Crippen molar-refractivity contribution in [2.45, 2.75) is 5.03 Å². The lowest BCUT2D eigenvalue weighted by Gasteiger charge is -2.03. The number of hydrogen-bond acceptors (Lipinski definition) is 5. The van der Waals surface area contributed by atoms with E-state index in [0.717, 1.165) is 0 Å². The Kier molecular flexibility index (Phi) is 3.07. The molecule has 70 valence electrons. The molecule has 1 aromatic rings. The van der Waals surface area contributed by atoms with Crippen LogP contribution in [-0.4, -0.2) is 34.6 Å². The number of rotatable bonds is 3. The van der Waals surface area contributed by atoms with Gasteiger partial charge in [0.1, 0.15) is 10.6 Å². The summed E-state index contributed by atoms with van der Waals surface area (Å²) in [7, 11) is 1.61. The number of carboxylic acid groups (broad SMARTS) is 1. The molecule has 0 amide bonds. The van der Waals surface area contributed by atoms with Crippen molar-refractivity contribution in [3.05, 3.63) is 11.6 Å². The van der Waals surface area contributed by atoms with E-state index < -0.39 is 5.97 Å². The van der Waals surface area contributed by atoms with Crippen LogP contribution in [0.3, 0.4) is 0 Å². The summed E-state index contributed by atoms with van der Waals surface area (Å²) >= 11 is 1.35. The first-order valence-corrected chi connectivity index (χ1v) is 4.74. The third-order valence-corrected chi connectivity index (χ3v) is 2.07. The van der Waals surface area contributed by atoms with E-state index >= 15 is 0 Å². The monoisotopic (exact) mass is 199 g/mol. The second kappa shape index (κ2) is 4.08.